The Kier molecular flexibility index (Phi) is 9.58. The van der Waals surface area contributed by atoms with Gasteiger partial charge in [-0.05, 0) is 45.2 Å². The first-order chi connectivity index (χ1) is 12.3. The minimum absolute atomic E-state index is 0.604. The maximum Gasteiger partial charge on any atom is 0.193 e. The van der Waals surface area contributed by atoms with Crippen LogP contribution in [0, 0.1) is 11.8 Å². The SMILES string of the molecule is CCCN1CCC(CN=C(NCC)N2CCC(COCCOC)C2)C1. The van der Waals surface area contributed by atoms with Crippen molar-refractivity contribution in [1.82, 2.24) is 15.1 Å². The summed E-state index contributed by atoms with van der Waals surface area (Å²) in [5.74, 6) is 2.42. The molecule has 0 spiro atoms. The van der Waals surface area contributed by atoms with Crippen LogP contribution in [-0.2, 0) is 9.47 Å². The monoisotopic (exact) mass is 354 g/mol. The van der Waals surface area contributed by atoms with Crippen LogP contribution in [0.15, 0.2) is 4.99 Å². The molecule has 2 aliphatic rings. The summed E-state index contributed by atoms with van der Waals surface area (Å²) in [6, 6.07) is 0. The lowest BCUT2D eigenvalue weighted by atomic mass is 10.1. The van der Waals surface area contributed by atoms with E-state index in [2.05, 4.69) is 29.0 Å². The van der Waals surface area contributed by atoms with Crippen molar-refractivity contribution in [2.45, 2.75) is 33.1 Å². The molecule has 0 aromatic heterocycles. The molecule has 0 aromatic carbocycles. The van der Waals surface area contributed by atoms with E-state index in [1.165, 1.54) is 38.9 Å². The Morgan fingerprint density at radius 2 is 1.96 bits per heavy atom. The van der Waals surface area contributed by atoms with E-state index in [-0.39, 0.29) is 0 Å². The zero-order valence-electron chi connectivity index (χ0n) is 16.5. The first-order valence-corrected chi connectivity index (χ1v) is 10.1. The van der Waals surface area contributed by atoms with Crippen molar-refractivity contribution in [2.24, 2.45) is 16.8 Å². The van der Waals surface area contributed by atoms with Crippen LogP contribution in [0.5, 0.6) is 0 Å². The Morgan fingerprint density at radius 1 is 1.12 bits per heavy atom. The van der Waals surface area contributed by atoms with Crippen molar-refractivity contribution in [1.29, 1.82) is 0 Å². The molecule has 6 nitrogen and oxygen atoms in total. The number of methoxy groups -OCH3 is 1. The summed E-state index contributed by atoms with van der Waals surface area (Å²) in [7, 11) is 1.71. The number of likely N-dealkylation sites (tertiary alicyclic amines) is 2. The van der Waals surface area contributed by atoms with Gasteiger partial charge in [-0.15, -0.1) is 0 Å². The van der Waals surface area contributed by atoms with Gasteiger partial charge in [-0.1, -0.05) is 6.92 Å². The number of ether oxygens (including phenoxy) is 2. The van der Waals surface area contributed by atoms with E-state index in [1.807, 2.05) is 0 Å². The third-order valence-electron chi connectivity index (χ3n) is 5.11. The second-order valence-corrected chi connectivity index (χ2v) is 7.32. The van der Waals surface area contributed by atoms with Crippen molar-refractivity contribution in [2.75, 3.05) is 72.7 Å². The summed E-state index contributed by atoms with van der Waals surface area (Å²) in [5.41, 5.74) is 0. The summed E-state index contributed by atoms with van der Waals surface area (Å²) in [5, 5.41) is 3.48. The molecule has 0 radical (unpaired) electrons. The molecule has 2 unspecified atom stereocenters. The third-order valence-corrected chi connectivity index (χ3v) is 5.11. The van der Waals surface area contributed by atoms with E-state index in [4.69, 9.17) is 14.5 Å². The minimum atomic E-state index is 0.604. The van der Waals surface area contributed by atoms with Crippen molar-refractivity contribution in [3.05, 3.63) is 0 Å². The Balaban J connectivity index is 1.76. The van der Waals surface area contributed by atoms with Gasteiger partial charge in [-0.2, -0.15) is 0 Å². The smallest absolute Gasteiger partial charge is 0.193 e. The van der Waals surface area contributed by atoms with Gasteiger partial charge in [0.2, 0.25) is 0 Å². The number of rotatable bonds is 10. The van der Waals surface area contributed by atoms with Crippen molar-refractivity contribution in [3.63, 3.8) is 0 Å². The number of aliphatic imine (C=N–C) groups is 1. The van der Waals surface area contributed by atoms with Crippen LogP contribution in [0.4, 0.5) is 0 Å². The van der Waals surface area contributed by atoms with E-state index in [1.54, 1.807) is 7.11 Å². The van der Waals surface area contributed by atoms with Crippen LogP contribution in [0.3, 0.4) is 0 Å². The number of guanidine groups is 1. The zero-order valence-corrected chi connectivity index (χ0v) is 16.5. The van der Waals surface area contributed by atoms with Crippen LogP contribution in [0.1, 0.15) is 33.1 Å². The van der Waals surface area contributed by atoms with E-state index in [0.29, 0.717) is 19.1 Å². The number of nitrogens with zero attached hydrogens (tertiary/aromatic N) is 3. The van der Waals surface area contributed by atoms with Crippen LogP contribution in [0.2, 0.25) is 0 Å². The number of hydrogen-bond acceptors (Lipinski definition) is 4. The molecule has 2 atom stereocenters. The molecule has 0 bridgehead atoms. The van der Waals surface area contributed by atoms with E-state index >= 15 is 0 Å². The number of nitrogens with one attached hydrogen (secondary N) is 1. The first-order valence-electron chi connectivity index (χ1n) is 10.1. The Hall–Kier alpha value is -0.850. The highest BCUT2D eigenvalue weighted by atomic mass is 16.5. The van der Waals surface area contributed by atoms with Crippen LogP contribution in [-0.4, -0.2) is 88.5 Å². The average molecular weight is 355 g/mol. The summed E-state index contributed by atoms with van der Waals surface area (Å²) in [4.78, 5) is 9.95. The Morgan fingerprint density at radius 3 is 2.72 bits per heavy atom. The third kappa shape index (κ3) is 7.12. The molecule has 0 aliphatic carbocycles. The van der Waals surface area contributed by atoms with Gasteiger partial charge in [-0.25, -0.2) is 0 Å². The first kappa shape index (κ1) is 20.5. The van der Waals surface area contributed by atoms with Gasteiger partial charge < -0.3 is 24.6 Å². The molecular formula is C19H38N4O2. The van der Waals surface area contributed by atoms with E-state index in [9.17, 15) is 0 Å². The highest BCUT2D eigenvalue weighted by Gasteiger charge is 2.26. The molecule has 1 N–H and O–H groups in total. The molecule has 6 heteroatoms. The zero-order chi connectivity index (χ0) is 17.9. The largest absolute Gasteiger partial charge is 0.382 e. The van der Waals surface area contributed by atoms with Crippen LogP contribution < -0.4 is 5.32 Å². The molecule has 2 heterocycles. The summed E-state index contributed by atoms with van der Waals surface area (Å²) < 4.78 is 10.7. The van der Waals surface area contributed by atoms with Gasteiger partial charge in [0, 0.05) is 45.8 Å². The second kappa shape index (κ2) is 11.7. The molecule has 0 aromatic rings. The second-order valence-electron chi connectivity index (χ2n) is 7.32. The molecule has 0 amide bonds. The molecule has 0 saturated carbocycles. The van der Waals surface area contributed by atoms with E-state index in [0.717, 1.165) is 44.7 Å². The van der Waals surface area contributed by atoms with Crippen LogP contribution in [0.25, 0.3) is 0 Å². The maximum atomic E-state index is 5.70. The van der Waals surface area contributed by atoms with Crippen molar-refractivity contribution in [3.8, 4) is 0 Å². The van der Waals surface area contributed by atoms with Crippen LogP contribution >= 0.6 is 0 Å². The van der Waals surface area contributed by atoms with E-state index < -0.39 is 0 Å². The lowest BCUT2D eigenvalue weighted by Gasteiger charge is -2.22. The molecule has 146 valence electrons. The van der Waals surface area contributed by atoms with Gasteiger partial charge in [-0.3, -0.25) is 4.99 Å². The topological polar surface area (TPSA) is 49.3 Å². The standard InChI is InChI=1S/C19H38N4O2/c1-4-8-22-9-6-17(14-22)13-21-19(20-5-2)23-10-7-18(15-23)16-25-12-11-24-3/h17-18H,4-16H2,1-3H3,(H,20,21). The number of hydrogen-bond donors (Lipinski definition) is 1. The lowest BCUT2D eigenvalue weighted by Crippen LogP contribution is -2.40. The van der Waals surface area contributed by atoms with Gasteiger partial charge in [0.25, 0.3) is 0 Å². The highest BCUT2D eigenvalue weighted by molar-refractivity contribution is 5.80. The molecule has 2 fully saturated rings. The van der Waals surface area contributed by atoms with Crippen molar-refractivity contribution < 1.29 is 9.47 Å². The average Bonchev–Trinajstić information content (AvgIpc) is 3.25. The van der Waals surface area contributed by atoms with Crippen molar-refractivity contribution >= 4 is 5.96 Å². The Bertz CT molecular complexity index is 392. The van der Waals surface area contributed by atoms with Gasteiger partial charge >= 0.3 is 0 Å². The fourth-order valence-electron chi connectivity index (χ4n) is 3.78. The normalized spacial score (nSPS) is 25.1. The fraction of sp³-hybridized carbons (Fsp3) is 0.947. The molecule has 2 saturated heterocycles. The lowest BCUT2D eigenvalue weighted by molar-refractivity contribution is 0.0536. The summed E-state index contributed by atoms with van der Waals surface area (Å²) in [6.45, 7) is 14.3. The quantitative estimate of drug-likeness (QED) is 0.367. The van der Waals surface area contributed by atoms with Gasteiger partial charge in [0.15, 0.2) is 5.96 Å². The predicted octanol–water partition coefficient (Wildman–Crippen LogP) is 1.67. The summed E-state index contributed by atoms with van der Waals surface area (Å²) in [6.07, 6.45) is 3.73. The van der Waals surface area contributed by atoms with Gasteiger partial charge in [0.05, 0.1) is 19.8 Å². The highest BCUT2D eigenvalue weighted by Crippen LogP contribution is 2.19. The maximum absolute atomic E-state index is 5.70. The molecule has 2 aliphatic heterocycles. The molecule has 25 heavy (non-hydrogen) atoms. The molecule has 2 rings (SSSR count). The minimum Gasteiger partial charge on any atom is -0.382 e. The van der Waals surface area contributed by atoms with Gasteiger partial charge in [0.1, 0.15) is 0 Å². The molecular weight excluding hydrogens is 316 g/mol. The fourth-order valence-corrected chi connectivity index (χ4v) is 3.78. The Labute approximate surface area is 153 Å². The predicted molar refractivity (Wildman–Crippen MR) is 103 cm³/mol. The summed E-state index contributed by atoms with van der Waals surface area (Å²) >= 11 is 0.